The Balaban J connectivity index is -0.0000000417. The molecular formula is C2H7NaO3PRe+. The maximum atomic E-state index is 9.53. The molecule has 0 aromatic rings. The molecule has 0 aromatic heterocycles. The first-order chi connectivity index (χ1) is 2.77. The molecule has 0 saturated heterocycles. The van der Waals surface area contributed by atoms with Crippen LogP contribution in [0, 0.1) is 0 Å². The third-order valence-electron chi connectivity index (χ3n) is 0.240. The Morgan fingerprint density at radius 1 is 1.88 bits per heavy atom. The summed E-state index contributed by atoms with van der Waals surface area (Å²) in [6.07, 6.45) is 0. The van der Waals surface area contributed by atoms with Gasteiger partial charge < -0.3 is 1.43 Å². The van der Waals surface area contributed by atoms with Crippen molar-refractivity contribution in [2.45, 2.75) is 6.92 Å². The molecular weight excluding hydrogens is 312 g/mol. The fourth-order valence-corrected chi connectivity index (χ4v) is 0.331. The molecule has 0 aromatic carbocycles. The van der Waals surface area contributed by atoms with E-state index >= 15 is 0 Å². The molecule has 1 atom stereocenters. The summed E-state index contributed by atoms with van der Waals surface area (Å²) in [7, 11) is -2.35. The summed E-state index contributed by atoms with van der Waals surface area (Å²) in [4.78, 5) is 7.84. The first-order valence-corrected chi connectivity index (χ1v) is 2.69. The van der Waals surface area contributed by atoms with Gasteiger partial charge in [-0.1, -0.05) is 0 Å². The molecule has 6 heteroatoms. The second-order valence-electron chi connectivity index (χ2n) is 0.656. The Bertz CT molecular complexity index is 65.8. The van der Waals surface area contributed by atoms with Gasteiger partial charge in [-0.2, -0.15) is 0 Å². The monoisotopic (exact) mass is 320 g/mol. The summed E-state index contributed by atoms with van der Waals surface area (Å²) in [5, 5.41) is 0. The molecule has 0 saturated carbocycles. The molecule has 0 rings (SSSR count). The van der Waals surface area contributed by atoms with Crippen molar-refractivity contribution in [1.82, 2.24) is 0 Å². The SMILES string of the molecule is CCO[P+](=O)O.[H-].[Na+].[Re]. The molecule has 0 bridgehead atoms. The quantitative estimate of drug-likeness (QED) is 0.464. The van der Waals surface area contributed by atoms with Gasteiger partial charge in [-0.05, 0) is 6.92 Å². The summed E-state index contributed by atoms with van der Waals surface area (Å²) in [6.45, 7) is 1.95. The topological polar surface area (TPSA) is 46.5 Å². The second-order valence-corrected chi connectivity index (χ2v) is 1.39. The van der Waals surface area contributed by atoms with Crippen molar-refractivity contribution < 1.29 is 65.4 Å². The molecule has 3 nitrogen and oxygen atoms in total. The van der Waals surface area contributed by atoms with Crippen LogP contribution in [0.2, 0.25) is 0 Å². The molecule has 1 N–H and O–H groups in total. The van der Waals surface area contributed by atoms with Crippen LogP contribution in [-0.4, -0.2) is 11.5 Å². The largest absolute Gasteiger partial charge is 1.00 e. The van der Waals surface area contributed by atoms with E-state index in [4.69, 9.17) is 4.89 Å². The van der Waals surface area contributed by atoms with Crippen molar-refractivity contribution >= 4 is 8.25 Å². The van der Waals surface area contributed by atoms with Crippen molar-refractivity contribution in [3.63, 3.8) is 0 Å². The Labute approximate surface area is 86.6 Å². The van der Waals surface area contributed by atoms with E-state index in [0.29, 0.717) is 6.61 Å². The van der Waals surface area contributed by atoms with E-state index < -0.39 is 8.25 Å². The van der Waals surface area contributed by atoms with Crippen LogP contribution in [0.25, 0.3) is 0 Å². The standard InChI is InChI=1S/C2H5O3P.Na.Re.H/c1-2-5-6(3)4;;;/h2H2,1H3;;;/q;+1;;-1/p+1. The third-order valence-corrected chi connectivity index (χ3v) is 0.719. The number of hydrogen-bond acceptors (Lipinski definition) is 2. The molecule has 0 aliphatic heterocycles. The Hall–Kier alpha value is 1.68. The fourth-order valence-electron chi connectivity index (χ4n) is 0.110. The Morgan fingerprint density at radius 3 is 2.25 bits per heavy atom. The molecule has 0 spiro atoms. The van der Waals surface area contributed by atoms with Gasteiger partial charge in [-0.15, -0.1) is 9.42 Å². The summed E-state index contributed by atoms with van der Waals surface area (Å²) in [5.74, 6) is 0. The zero-order chi connectivity index (χ0) is 4.99. The van der Waals surface area contributed by atoms with Crippen molar-refractivity contribution in [1.29, 1.82) is 0 Å². The molecule has 1 radical (unpaired) electrons. The molecule has 0 fully saturated rings. The van der Waals surface area contributed by atoms with Gasteiger partial charge in [0.2, 0.25) is 0 Å². The maximum Gasteiger partial charge on any atom is 1.00 e. The van der Waals surface area contributed by atoms with Gasteiger partial charge in [0.25, 0.3) is 0 Å². The summed E-state index contributed by atoms with van der Waals surface area (Å²) in [6, 6.07) is 0. The molecule has 1 unspecified atom stereocenters. The minimum Gasteiger partial charge on any atom is -1.00 e. The van der Waals surface area contributed by atoms with Gasteiger partial charge in [0.15, 0.2) is 0 Å². The summed E-state index contributed by atoms with van der Waals surface area (Å²) < 4.78 is 13.6. The zero-order valence-corrected chi connectivity index (χ0v) is 10.4. The molecule has 0 aliphatic rings. The van der Waals surface area contributed by atoms with Crippen LogP contribution in [0.1, 0.15) is 8.35 Å². The van der Waals surface area contributed by atoms with Crippen LogP contribution in [0.5, 0.6) is 0 Å². The number of rotatable bonds is 2. The van der Waals surface area contributed by atoms with Crippen LogP contribution in [0.15, 0.2) is 0 Å². The van der Waals surface area contributed by atoms with Gasteiger partial charge in [-0.3, -0.25) is 0 Å². The van der Waals surface area contributed by atoms with Crippen molar-refractivity contribution in [3.8, 4) is 0 Å². The smallest absolute Gasteiger partial charge is 1.00 e. The average Bonchev–Trinajstić information content (AvgIpc) is 1.35. The van der Waals surface area contributed by atoms with E-state index in [1.54, 1.807) is 6.92 Å². The van der Waals surface area contributed by atoms with Crippen molar-refractivity contribution in [2.24, 2.45) is 0 Å². The average molecular weight is 319 g/mol. The molecule has 0 aliphatic carbocycles. The Kier molecular flexibility index (Phi) is 23.4. The van der Waals surface area contributed by atoms with E-state index in [1.807, 2.05) is 0 Å². The van der Waals surface area contributed by atoms with Crippen LogP contribution >= 0.6 is 8.25 Å². The van der Waals surface area contributed by atoms with E-state index in [-0.39, 0.29) is 51.4 Å². The first-order valence-electron chi connectivity index (χ1n) is 1.56. The van der Waals surface area contributed by atoms with E-state index in [9.17, 15) is 4.57 Å². The van der Waals surface area contributed by atoms with Crippen LogP contribution in [-0.2, 0) is 29.5 Å². The van der Waals surface area contributed by atoms with Gasteiger partial charge in [-0.25, -0.2) is 0 Å². The van der Waals surface area contributed by atoms with Gasteiger partial charge >= 0.3 is 37.8 Å². The predicted octanol–water partition coefficient (Wildman–Crippen LogP) is -2.21. The predicted molar refractivity (Wildman–Crippen MR) is 22.6 cm³/mol. The Morgan fingerprint density at radius 2 is 2.25 bits per heavy atom. The van der Waals surface area contributed by atoms with Gasteiger partial charge in [0.05, 0.1) is 0 Å². The minimum atomic E-state index is -2.35. The van der Waals surface area contributed by atoms with E-state index in [0.717, 1.165) is 0 Å². The van der Waals surface area contributed by atoms with E-state index in [2.05, 4.69) is 4.52 Å². The minimum absolute atomic E-state index is 0. The molecule has 8 heavy (non-hydrogen) atoms. The second kappa shape index (κ2) is 11.5. The molecule has 0 heterocycles. The first kappa shape index (κ1) is 16.3. The fraction of sp³-hybridized carbons (Fsp3) is 1.00. The van der Waals surface area contributed by atoms with Crippen LogP contribution < -0.4 is 29.6 Å². The van der Waals surface area contributed by atoms with Crippen molar-refractivity contribution in [2.75, 3.05) is 6.61 Å². The van der Waals surface area contributed by atoms with Crippen molar-refractivity contribution in [3.05, 3.63) is 0 Å². The molecule has 0 amide bonds. The maximum absolute atomic E-state index is 9.53. The summed E-state index contributed by atoms with van der Waals surface area (Å²) >= 11 is 0. The molecule has 45 valence electrons. The van der Waals surface area contributed by atoms with Crippen LogP contribution in [0.3, 0.4) is 0 Å². The zero-order valence-electron chi connectivity index (χ0n) is 5.80. The number of hydrogen-bond donors (Lipinski definition) is 1. The third kappa shape index (κ3) is 15.6. The normalized spacial score (nSPS) is 8.50. The van der Waals surface area contributed by atoms with Gasteiger partial charge in [0, 0.05) is 25.0 Å². The van der Waals surface area contributed by atoms with E-state index in [1.165, 1.54) is 0 Å². The van der Waals surface area contributed by atoms with Gasteiger partial charge in [0.1, 0.15) is 6.61 Å². The van der Waals surface area contributed by atoms with Crippen LogP contribution in [0.4, 0.5) is 0 Å². The summed E-state index contributed by atoms with van der Waals surface area (Å²) in [5.41, 5.74) is 0.